The van der Waals surface area contributed by atoms with Crippen LogP contribution in [-0.2, 0) is 17.8 Å². The number of carbonyl (C=O) groups is 2. The van der Waals surface area contributed by atoms with Crippen molar-refractivity contribution in [3.05, 3.63) is 77.4 Å². The monoisotopic (exact) mass is 434 g/mol. The summed E-state index contributed by atoms with van der Waals surface area (Å²) in [5.41, 5.74) is 1.70. The number of rotatable bonds is 7. The largest absolute Gasteiger partial charge is 0.489 e. The molecule has 1 aliphatic rings. The van der Waals surface area contributed by atoms with E-state index in [9.17, 15) is 9.59 Å². The summed E-state index contributed by atoms with van der Waals surface area (Å²) in [4.78, 5) is 33.0. The summed E-state index contributed by atoms with van der Waals surface area (Å²) < 4.78 is 10.8. The minimum absolute atomic E-state index is 0.0342. The first-order chi connectivity index (χ1) is 15.6. The van der Waals surface area contributed by atoms with Gasteiger partial charge in [-0.05, 0) is 36.8 Å². The van der Waals surface area contributed by atoms with Gasteiger partial charge in [0.2, 0.25) is 11.8 Å². The molecule has 0 bridgehead atoms. The highest BCUT2D eigenvalue weighted by atomic mass is 16.5. The summed E-state index contributed by atoms with van der Waals surface area (Å²) >= 11 is 0. The molecule has 0 aliphatic carbocycles. The summed E-state index contributed by atoms with van der Waals surface area (Å²) in [6.07, 6.45) is 0.748. The fourth-order valence-electron chi connectivity index (χ4n) is 3.59. The second-order valence-electron chi connectivity index (χ2n) is 7.71. The van der Waals surface area contributed by atoms with Crippen molar-refractivity contribution < 1.29 is 18.8 Å². The first-order valence-electron chi connectivity index (χ1n) is 10.7. The number of amides is 2. The van der Waals surface area contributed by atoms with Gasteiger partial charge in [-0.1, -0.05) is 35.5 Å². The topological polar surface area (TPSA) is 88.8 Å². The fourth-order valence-corrected chi connectivity index (χ4v) is 3.59. The van der Waals surface area contributed by atoms with Gasteiger partial charge in [-0.25, -0.2) is 0 Å². The molecule has 0 atom stereocenters. The Balaban J connectivity index is 1.23. The van der Waals surface area contributed by atoms with Crippen molar-refractivity contribution in [3.8, 4) is 5.75 Å². The van der Waals surface area contributed by atoms with Crippen LogP contribution in [0.4, 0.5) is 0 Å². The normalized spacial score (nSPS) is 13.8. The highest BCUT2D eigenvalue weighted by molar-refractivity contribution is 5.94. The van der Waals surface area contributed by atoms with E-state index in [1.807, 2.05) is 42.5 Å². The number of piperazine rings is 1. The van der Waals surface area contributed by atoms with Gasteiger partial charge in [0.05, 0.1) is 0 Å². The SMILES string of the molecule is Cc1noc(CCC(=O)N2CCN(C(=O)c3ccc(OCc4ccccc4)cc3)CC2)n1. The summed E-state index contributed by atoms with van der Waals surface area (Å²) in [6, 6.07) is 17.1. The third-order valence-electron chi connectivity index (χ3n) is 5.39. The van der Waals surface area contributed by atoms with Crippen LogP contribution in [0.2, 0.25) is 0 Å². The molecule has 8 nitrogen and oxygen atoms in total. The Labute approximate surface area is 186 Å². The zero-order chi connectivity index (χ0) is 22.3. The summed E-state index contributed by atoms with van der Waals surface area (Å²) in [7, 11) is 0. The van der Waals surface area contributed by atoms with Crippen molar-refractivity contribution in [1.29, 1.82) is 0 Å². The molecule has 1 saturated heterocycles. The second-order valence-corrected chi connectivity index (χ2v) is 7.71. The molecule has 0 N–H and O–H groups in total. The number of aryl methyl sites for hydroxylation is 2. The van der Waals surface area contributed by atoms with E-state index in [-0.39, 0.29) is 11.8 Å². The van der Waals surface area contributed by atoms with Gasteiger partial charge in [-0.2, -0.15) is 4.98 Å². The molecule has 0 radical (unpaired) electrons. The molecule has 8 heteroatoms. The van der Waals surface area contributed by atoms with Gasteiger partial charge in [0.15, 0.2) is 5.82 Å². The molecular formula is C24H26N4O4. The molecule has 32 heavy (non-hydrogen) atoms. The van der Waals surface area contributed by atoms with E-state index in [1.54, 1.807) is 28.9 Å². The number of hydrogen-bond donors (Lipinski definition) is 0. The average Bonchev–Trinajstić information content (AvgIpc) is 3.27. The molecule has 1 fully saturated rings. The fraction of sp³-hybridized carbons (Fsp3) is 0.333. The molecular weight excluding hydrogens is 408 g/mol. The molecule has 0 saturated carbocycles. The van der Waals surface area contributed by atoms with Gasteiger partial charge in [0.25, 0.3) is 5.91 Å². The van der Waals surface area contributed by atoms with Gasteiger partial charge in [0.1, 0.15) is 12.4 Å². The lowest BCUT2D eigenvalue weighted by molar-refractivity contribution is -0.132. The highest BCUT2D eigenvalue weighted by Gasteiger charge is 2.25. The van der Waals surface area contributed by atoms with Gasteiger partial charge in [0, 0.05) is 44.6 Å². The Morgan fingerprint density at radius 3 is 2.31 bits per heavy atom. The van der Waals surface area contributed by atoms with E-state index in [0.29, 0.717) is 62.9 Å². The number of carbonyl (C=O) groups excluding carboxylic acids is 2. The number of nitrogens with zero attached hydrogens (tertiary/aromatic N) is 4. The quantitative estimate of drug-likeness (QED) is 0.568. The number of ether oxygens (including phenoxy) is 1. The van der Waals surface area contributed by atoms with Crippen LogP contribution in [0.5, 0.6) is 5.75 Å². The van der Waals surface area contributed by atoms with E-state index in [0.717, 1.165) is 11.3 Å². The van der Waals surface area contributed by atoms with Crippen LogP contribution < -0.4 is 4.74 Å². The number of hydrogen-bond acceptors (Lipinski definition) is 6. The maximum absolute atomic E-state index is 12.8. The lowest BCUT2D eigenvalue weighted by atomic mass is 10.1. The van der Waals surface area contributed by atoms with Gasteiger partial charge >= 0.3 is 0 Å². The predicted octanol–water partition coefficient (Wildman–Crippen LogP) is 2.87. The van der Waals surface area contributed by atoms with E-state index in [2.05, 4.69) is 10.1 Å². The van der Waals surface area contributed by atoms with E-state index in [4.69, 9.17) is 9.26 Å². The molecule has 0 unspecified atom stereocenters. The first-order valence-corrected chi connectivity index (χ1v) is 10.7. The Morgan fingerprint density at radius 1 is 0.969 bits per heavy atom. The molecule has 2 amide bonds. The zero-order valence-electron chi connectivity index (χ0n) is 18.1. The molecule has 1 aliphatic heterocycles. The smallest absolute Gasteiger partial charge is 0.253 e. The Kier molecular flexibility index (Phi) is 6.79. The van der Waals surface area contributed by atoms with E-state index in [1.165, 1.54) is 0 Å². The zero-order valence-corrected chi connectivity index (χ0v) is 18.1. The van der Waals surface area contributed by atoms with Crippen molar-refractivity contribution in [1.82, 2.24) is 19.9 Å². The Morgan fingerprint density at radius 2 is 1.66 bits per heavy atom. The Hall–Kier alpha value is -3.68. The van der Waals surface area contributed by atoms with Crippen LogP contribution in [0.1, 0.15) is 34.1 Å². The lowest BCUT2D eigenvalue weighted by Crippen LogP contribution is -2.50. The van der Waals surface area contributed by atoms with Crippen LogP contribution in [0.3, 0.4) is 0 Å². The summed E-state index contributed by atoms with van der Waals surface area (Å²) in [5.74, 6) is 1.76. The van der Waals surface area contributed by atoms with Crippen LogP contribution in [0.25, 0.3) is 0 Å². The van der Waals surface area contributed by atoms with Gasteiger partial charge in [-0.3, -0.25) is 9.59 Å². The molecule has 2 aromatic carbocycles. The van der Waals surface area contributed by atoms with E-state index >= 15 is 0 Å². The van der Waals surface area contributed by atoms with Gasteiger partial charge in [-0.15, -0.1) is 0 Å². The third-order valence-corrected chi connectivity index (χ3v) is 5.39. The predicted molar refractivity (Wildman–Crippen MR) is 117 cm³/mol. The molecule has 4 rings (SSSR count). The van der Waals surface area contributed by atoms with Crippen molar-refractivity contribution >= 4 is 11.8 Å². The van der Waals surface area contributed by atoms with E-state index < -0.39 is 0 Å². The average molecular weight is 434 g/mol. The molecule has 2 heterocycles. The number of aromatic nitrogens is 2. The lowest BCUT2D eigenvalue weighted by Gasteiger charge is -2.34. The summed E-state index contributed by atoms with van der Waals surface area (Å²) in [5, 5.41) is 3.73. The summed E-state index contributed by atoms with van der Waals surface area (Å²) in [6.45, 7) is 4.29. The van der Waals surface area contributed by atoms with Crippen LogP contribution in [-0.4, -0.2) is 57.9 Å². The third kappa shape index (κ3) is 5.51. The maximum atomic E-state index is 12.8. The standard InChI is InChI=1S/C24H26N4O4/c1-18-25-22(32-26-18)11-12-23(29)27-13-15-28(16-14-27)24(30)20-7-9-21(10-8-20)31-17-19-5-3-2-4-6-19/h2-10H,11-17H2,1H3. The first kappa shape index (κ1) is 21.5. The van der Waals surface area contributed by atoms with Crippen molar-refractivity contribution in [3.63, 3.8) is 0 Å². The van der Waals surface area contributed by atoms with Gasteiger partial charge < -0.3 is 19.1 Å². The van der Waals surface area contributed by atoms with Crippen LogP contribution in [0, 0.1) is 6.92 Å². The molecule has 0 spiro atoms. The second kappa shape index (κ2) is 10.1. The minimum atomic E-state index is -0.0342. The highest BCUT2D eigenvalue weighted by Crippen LogP contribution is 2.17. The molecule has 3 aromatic rings. The van der Waals surface area contributed by atoms with Crippen molar-refractivity contribution in [2.24, 2.45) is 0 Å². The van der Waals surface area contributed by atoms with Crippen LogP contribution >= 0.6 is 0 Å². The number of benzene rings is 2. The minimum Gasteiger partial charge on any atom is -0.489 e. The van der Waals surface area contributed by atoms with Crippen molar-refractivity contribution in [2.45, 2.75) is 26.4 Å². The van der Waals surface area contributed by atoms with Crippen molar-refractivity contribution in [2.75, 3.05) is 26.2 Å². The maximum Gasteiger partial charge on any atom is 0.253 e. The molecule has 166 valence electrons. The molecule has 1 aromatic heterocycles. The Bertz CT molecular complexity index is 1040. The van der Waals surface area contributed by atoms with Crippen LogP contribution in [0.15, 0.2) is 59.1 Å².